The Morgan fingerprint density at radius 3 is 2.04 bits per heavy atom. The van der Waals surface area contributed by atoms with E-state index in [1.807, 2.05) is 30.3 Å². The number of amides is 1. The first-order valence-electron chi connectivity index (χ1n) is 9.40. The van der Waals surface area contributed by atoms with Crippen molar-refractivity contribution < 1.29 is 4.79 Å². The highest BCUT2D eigenvalue weighted by molar-refractivity contribution is 7.98. The Balaban J connectivity index is 1.68. The van der Waals surface area contributed by atoms with E-state index >= 15 is 0 Å². The molecule has 1 N–H and O–H groups in total. The summed E-state index contributed by atoms with van der Waals surface area (Å²) in [6.45, 7) is 4.23. The number of thioether (sulfide) groups is 1. The third-order valence-corrected chi connectivity index (χ3v) is 5.69. The minimum absolute atomic E-state index is 0.0483. The maximum atomic E-state index is 12.7. The lowest BCUT2D eigenvalue weighted by atomic mass is 10.0. The monoisotopic (exact) mass is 375 g/mol. The lowest BCUT2D eigenvalue weighted by Gasteiger charge is -2.14. The van der Waals surface area contributed by atoms with E-state index in [0.717, 1.165) is 24.3 Å². The number of benzene rings is 3. The van der Waals surface area contributed by atoms with Crippen LogP contribution < -0.4 is 5.32 Å². The Morgan fingerprint density at radius 2 is 1.44 bits per heavy atom. The summed E-state index contributed by atoms with van der Waals surface area (Å²) in [7, 11) is 0. The highest BCUT2D eigenvalue weighted by Crippen LogP contribution is 2.24. The van der Waals surface area contributed by atoms with Crippen molar-refractivity contribution in [1.29, 1.82) is 0 Å². The van der Waals surface area contributed by atoms with Gasteiger partial charge in [0.05, 0.1) is 0 Å². The average molecular weight is 376 g/mol. The third-order valence-electron chi connectivity index (χ3n) is 4.60. The molecule has 2 nitrogen and oxygen atoms in total. The van der Waals surface area contributed by atoms with Crippen LogP contribution in [0.4, 0.5) is 5.69 Å². The number of carbonyl (C=O) groups is 1. The van der Waals surface area contributed by atoms with Crippen molar-refractivity contribution in [2.75, 3.05) is 5.32 Å². The average Bonchev–Trinajstić information content (AvgIpc) is 2.73. The SMILES string of the molecule is CCc1cccc(CC)c1NC(=O)c1ccc(CSc2ccccc2)cc1. The van der Waals surface area contributed by atoms with Gasteiger partial charge in [0, 0.05) is 21.9 Å². The van der Waals surface area contributed by atoms with Gasteiger partial charge in [-0.3, -0.25) is 4.79 Å². The Morgan fingerprint density at radius 1 is 0.815 bits per heavy atom. The van der Waals surface area contributed by atoms with Crippen molar-refractivity contribution in [3.05, 3.63) is 95.1 Å². The molecule has 0 bridgehead atoms. The highest BCUT2D eigenvalue weighted by Gasteiger charge is 2.11. The Bertz CT molecular complexity index is 866. The summed E-state index contributed by atoms with van der Waals surface area (Å²) in [6.07, 6.45) is 1.80. The van der Waals surface area contributed by atoms with Gasteiger partial charge < -0.3 is 5.32 Å². The van der Waals surface area contributed by atoms with E-state index in [9.17, 15) is 4.79 Å². The molecule has 0 aliphatic heterocycles. The van der Waals surface area contributed by atoms with Crippen molar-refractivity contribution in [3.8, 4) is 0 Å². The van der Waals surface area contributed by atoms with E-state index in [1.54, 1.807) is 11.8 Å². The topological polar surface area (TPSA) is 29.1 Å². The number of rotatable bonds is 7. The standard InChI is InChI=1S/C24H25NOS/c1-3-19-9-8-10-20(4-2)23(19)25-24(26)21-15-13-18(14-16-21)17-27-22-11-6-5-7-12-22/h5-16H,3-4,17H2,1-2H3,(H,25,26). The molecule has 3 aromatic rings. The number of para-hydroxylation sites is 1. The fraction of sp³-hybridized carbons (Fsp3) is 0.208. The molecular weight excluding hydrogens is 350 g/mol. The van der Waals surface area contributed by atoms with Gasteiger partial charge in [0.15, 0.2) is 0 Å². The number of aryl methyl sites for hydroxylation is 2. The summed E-state index contributed by atoms with van der Waals surface area (Å²) in [5.74, 6) is 0.845. The van der Waals surface area contributed by atoms with Crippen molar-refractivity contribution >= 4 is 23.4 Å². The van der Waals surface area contributed by atoms with Gasteiger partial charge in [-0.2, -0.15) is 0 Å². The van der Waals surface area contributed by atoms with Gasteiger partial charge in [0.1, 0.15) is 0 Å². The van der Waals surface area contributed by atoms with Gasteiger partial charge in [0.25, 0.3) is 5.91 Å². The predicted octanol–water partition coefficient (Wildman–Crippen LogP) is 6.36. The summed E-state index contributed by atoms with van der Waals surface area (Å²) in [6, 6.07) is 24.5. The third kappa shape index (κ3) is 5.01. The predicted molar refractivity (Wildman–Crippen MR) is 116 cm³/mol. The molecule has 138 valence electrons. The van der Waals surface area contributed by atoms with Crippen LogP contribution in [0, 0.1) is 0 Å². The Kier molecular flexibility index (Phi) is 6.72. The van der Waals surface area contributed by atoms with Crippen molar-refractivity contribution in [2.24, 2.45) is 0 Å². The lowest BCUT2D eigenvalue weighted by molar-refractivity contribution is 0.102. The van der Waals surface area contributed by atoms with Crippen LogP contribution in [0.5, 0.6) is 0 Å². The minimum Gasteiger partial charge on any atom is -0.321 e. The molecule has 3 heteroatoms. The molecule has 0 radical (unpaired) electrons. The van der Waals surface area contributed by atoms with Crippen LogP contribution in [0.15, 0.2) is 77.7 Å². The van der Waals surface area contributed by atoms with Crippen molar-refractivity contribution in [1.82, 2.24) is 0 Å². The normalized spacial score (nSPS) is 10.6. The van der Waals surface area contributed by atoms with Crippen LogP contribution in [-0.2, 0) is 18.6 Å². The molecule has 0 saturated carbocycles. The molecule has 0 atom stereocenters. The van der Waals surface area contributed by atoms with Crippen LogP contribution in [0.25, 0.3) is 0 Å². The number of nitrogens with one attached hydrogen (secondary N) is 1. The van der Waals surface area contributed by atoms with Crippen LogP contribution in [-0.4, -0.2) is 5.91 Å². The van der Waals surface area contributed by atoms with Crippen LogP contribution >= 0.6 is 11.8 Å². The summed E-state index contributed by atoms with van der Waals surface area (Å²) < 4.78 is 0. The van der Waals surface area contributed by atoms with Gasteiger partial charge in [-0.05, 0) is 53.8 Å². The van der Waals surface area contributed by atoms with E-state index in [4.69, 9.17) is 0 Å². The zero-order valence-corrected chi connectivity index (χ0v) is 16.7. The molecule has 27 heavy (non-hydrogen) atoms. The summed E-state index contributed by atoms with van der Waals surface area (Å²) in [5, 5.41) is 3.13. The van der Waals surface area contributed by atoms with Gasteiger partial charge in [-0.1, -0.05) is 62.4 Å². The van der Waals surface area contributed by atoms with Gasteiger partial charge >= 0.3 is 0 Å². The smallest absolute Gasteiger partial charge is 0.255 e. The second-order valence-corrected chi connectivity index (χ2v) is 7.46. The van der Waals surface area contributed by atoms with E-state index < -0.39 is 0 Å². The number of hydrogen-bond acceptors (Lipinski definition) is 2. The molecule has 0 heterocycles. The van der Waals surface area contributed by atoms with E-state index in [2.05, 4.69) is 61.6 Å². The van der Waals surface area contributed by atoms with Gasteiger partial charge in [0.2, 0.25) is 0 Å². The molecule has 3 rings (SSSR count). The second-order valence-electron chi connectivity index (χ2n) is 6.41. The summed E-state index contributed by atoms with van der Waals surface area (Å²) in [5.41, 5.74) is 5.23. The molecule has 1 amide bonds. The molecule has 3 aromatic carbocycles. The lowest BCUT2D eigenvalue weighted by Crippen LogP contribution is -2.14. The number of hydrogen-bond donors (Lipinski definition) is 1. The molecule has 0 aliphatic carbocycles. The zero-order valence-electron chi connectivity index (χ0n) is 15.9. The fourth-order valence-electron chi connectivity index (χ4n) is 3.02. The molecule has 0 aromatic heterocycles. The fourth-order valence-corrected chi connectivity index (χ4v) is 3.90. The first-order chi connectivity index (χ1) is 13.2. The van der Waals surface area contributed by atoms with Gasteiger partial charge in [-0.25, -0.2) is 0 Å². The van der Waals surface area contributed by atoms with Crippen molar-refractivity contribution in [2.45, 2.75) is 37.3 Å². The Labute approximate surface area is 166 Å². The number of anilines is 1. The second kappa shape index (κ2) is 9.43. The maximum absolute atomic E-state index is 12.7. The molecular formula is C24H25NOS. The van der Waals surface area contributed by atoms with Crippen molar-refractivity contribution in [3.63, 3.8) is 0 Å². The van der Waals surface area contributed by atoms with Crippen LogP contribution in [0.1, 0.15) is 40.9 Å². The highest BCUT2D eigenvalue weighted by atomic mass is 32.2. The zero-order chi connectivity index (χ0) is 19.1. The first-order valence-corrected chi connectivity index (χ1v) is 10.4. The van der Waals surface area contributed by atoms with Gasteiger partial charge in [-0.15, -0.1) is 11.8 Å². The summed E-state index contributed by atoms with van der Waals surface area (Å²) in [4.78, 5) is 14.0. The van der Waals surface area contributed by atoms with E-state index in [-0.39, 0.29) is 5.91 Å². The summed E-state index contributed by atoms with van der Waals surface area (Å²) >= 11 is 1.80. The molecule has 0 saturated heterocycles. The minimum atomic E-state index is -0.0483. The van der Waals surface area contributed by atoms with Crippen LogP contribution in [0.3, 0.4) is 0 Å². The van der Waals surface area contributed by atoms with Crippen LogP contribution in [0.2, 0.25) is 0 Å². The van der Waals surface area contributed by atoms with E-state index in [1.165, 1.54) is 21.6 Å². The Hall–Kier alpha value is -2.52. The van der Waals surface area contributed by atoms with E-state index in [0.29, 0.717) is 5.56 Å². The first kappa shape index (κ1) is 19.2. The quantitative estimate of drug-likeness (QED) is 0.487. The molecule has 0 fully saturated rings. The molecule has 0 spiro atoms. The molecule has 0 unspecified atom stereocenters. The number of carbonyl (C=O) groups excluding carboxylic acids is 1. The molecule has 0 aliphatic rings. The maximum Gasteiger partial charge on any atom is 0.255 e. The largest absolute Gasteiger partial charge is 0.321 e.